The second-order valence-corrected chi connectivity index (χ2v) is 6.50. The molecule has 1 aliphatic heterocycles. The van der Waals surface area contributed by atoms with Gasteiger partial charge >= 0.3 is 6.18 Å². The predicted molar refractivity (Wildman–Crippen MR) is 69.7 cm³/mol. The number of hydrogen-bond acceptors (Lipinski definition) is 5. The Bertz CT molecular complexity index is 684. The van der Waals surface area contributed by atoms with Crippen LogP contribution in [0, 0.1) is 10.1 Å². The van der Waals surface area contributed by atoms with Gasteiger partial charge in [0.2, 0.25) is 10.0 Å². The predicted octanol–water partition coefficient (Wildman–Crippen LogP) is 1.21. The van der Waals surface area contributed by atoms with Crippen molar-refractivity contribution in [3.8, 4) is 0 Å². The number of nitro benzene ring substituents is 1. The van der Waals surface area contributed by atoms with E-state index in [1.165, 1.54) is 0 Å². The number of nitrogens with zero attached hydrogens (tertiary/aromatic N) is 2. The van der Waals surface area contributed by atoms with Crippen LogP contribution in [0.1, 0.15) is 5.56 Å². The van der Waals surface area contributed by atoms with Crippen molar-refractivity contribution in [1.82, 2.24) is 9.62 Å². The summed E-state index contributed by atoms with van der Waals surface area (Å²) in [6.45, 7) is 0.731. The second kappa shape index (κ2) is 5.82. The number of alkyl halides is 3. The molecule has 0 saturated carbocycles. The van der Waals surface area contributed by atoms with Crippen molar-refractivity contribution in [1.29, 1.82) is 0 Å². The van der Waals surface area contributed by atoms with E-state index in [1.54, 1.807) is 0 Å². The van der Waals surface area contributed by atoms with Crippen molar-refractivity contribution in [2.75, 3.05) is 26.2 Å². The number of nitrogens with one attached hydrogen (secondary N) is 1. The molecule has 0 aliphatic carbocycles. The van der Waals surface area contributed by atoms with Crippen molar-refractivity contribution in [2.24, 2.45) is 0 Å². The van der Waals surface area contributed by atoms with Gasteiger partial charge in [-0.3, -0.25) is 10.1 Å². The molecule has 0 bridgehead atoms. The summed E-state index contributed by atoms with van der Waals surface area (Å²) in [7, 11) is -4.37. The molecule has 0 atom stereocenters. The summed E-state index contributed by atoms with van der Waals surface area (Å²) in [5.41, 5.74) is -2.34. The Hall–Kier alpha value is -1.72. The Morgan fingerprint density at radius 1 is 1.23 bits per heavy atom. The van der Waals surface area contributed by atoms with Gasteiger partial charge in [-0.1, -0.05) is 0 Å². The highest BCUT2D eigenvalue weighted by Crippen LogP contribution is 2.37. The molecular weight excluding hydrogens is 327 g/mol. The number of rotatable bonds is 3. The molecule has 0 unspecified atom stereocenters. The Morgan fingerprint density at radius 3 is 2.32 bits per heavy atom. The van der Waals surface area contributed by atoms with Crippen LogP contribution in [0.3, 0.4) is 0 Å². The molecule has 1 N–H and O–H groups in total. The second-order valence-electron chi connectivity index (χ2n) is 4.59. The zero-order valence-corrected chi connectivity index (χ0v) is 11.9. The van der Waals surface area contributed by atoms with Gasteiger partial charge in [-0.25, -0.2) is 8.42 Å². The van der Waals surface area contributed by atoms with Crippen LogP contribution in [0.15, 0.2) is 23.1 Å². The molecule has 1 aromatic carbocycles. The zero-order valence-electron chi connectivity index (χ0n) is 11.1. The molecule has 1 fully saturated rings. The minimum atomic E-state index is -5.01. The van der Waals surface area contributed by atoms with E-state index < -0.39 is 37.3 Å². The third-order valence-corrected chi connectivity index (χ3v) is 5.13. The minimum absolute atomic E-state index is 0.0383. The quantitative estimate of drug-likeness (QED) is 0.660. The van der Waals surface area contributed by atoms with Gasteiger partial charge in [0.25, 0.3) is 5.69 Å². The highest BCUT2D eigenvalue weighted by molar-refractivity contribution is 7.89. The summed E-state index contributed by atoms with van der Waals surface area (Å²) in [6, 6.07) is 1.64. The van der Waals surface area contributed by atoms with Crippen LogP contribution in [0.2, 0.25) is 0 Å². The fourth-order valence-corrected chi connectivity index (χ4v) is 3.74. The van der Waals surface area contributed by atoms with E-state index >= 15 is 0 Å². The lowest BCUT2D eigenvalue weighted by atomic mass is 10.2. The number of non-ortho nitro benzene ring substituents is 1. The molecule has 0 amide bonds. The van der Waals surface area contributed by atoms with Gasteiger partial charge in [0.15, 0.2) is 0 Å². The monoisotopic (exact) mass is 339 g/mol. The summed E-state index contributed by atoms with van der Waals surface area (Å²) >= 11 is 0. The number of hydrogen-bond donors (Lipinski definition) is 1. The maximum absolute atomic E-state index is 13.1. The van der Waals surface area contributed by atoms with E-state index in [4.69, 9.17) is 0 Å². The first-order valence-corrected chi connectivity index (χ1v) is 7.64. The lowest BCUT2D eigenvalue weighted by molar-refractivity contribution is -0.385. The summed E-state index contributed by atoms with van der Waals surface area (Å²) in [5, 5.41) is 13.5. The third kappa shape index (κ3) is 3.20. The normalized spacial score (nSPS) is 17.4. The minimum Gasteiger partial charge on any atom is -0.314 e. The van der Waals surface area contributed by atoms with Gasteiger partial charge in [-0.2, -0.15) is 17.5 Å². The van der Waals surface area contributed by atoms with Gasteiger partial charge in [0.1, 0.15) is 0 Å². The fraction of sp³-hybridized carbons (Fsp3) is 0.455. The Morgan fingerprint density at radius 2 is 1.82 bits per heavy atom. The molecular formula is C11H12F3N3O4S. The molecule has 1 saturated heterocycles. The molecule has 1 aromatic rings. The van der Waals surface area contributed by atoms with Gasteiger partial charge in [-0.05, 0) is 6.07 Å². The van der Waals surface area contributed by atoms with Crippen LogP contribution < -0.4 is 5.32 Å². The van der Waals surface area contributed by atoms with Gasteiger partial charge in [-0.15, -0.1) is 0 Å². The number of piperazine rings is 1. The summed E-state index contributed by atoms with van der Waals surface area (Å²) in [4.78, 5) is 8.64. The Kier molecular flexibility index (Phi) is 4.40. The van der Waals surface area contributed by atoms with Crippen molar-refractivity contribution in [3.63, 3.8) is 0 Å². The lowest BCUT2D eigenvalue weighted by Crippen LogP contribution is -2.46. The van der Waals surface area contributed by atoms with Crippen molar-refractivity contribution in [2.45, 2.75) is 11.1 Å². The first kappa shape index (κ1) is 16.6. The molecule has 22 heavy (non-hydrogen) atoms. The average molecular weight is 339 g/mol. The summed E-state index contributed by atoms with van der Waals surface area (Å²) < 4.78 is 64.9. The smallest absolute Gasteiger partial charge is 0.314 e. The average Bonchev–Trinajstić information content (AvgIpc) is 2.46. The van der Waals surface area contributed by atoms with Crippen LogP contribution >= 0.6 is 0 Å². The first-order valence-electron chi connectivity index (χ1n) is 6.20. The van der Waals surface area contributed by atoms with Gasteiger partial charge in [0.05, 0.1) is 15.4 Å². The lowest BCUT2D eigenvalue weighted by Gasteiger charge is -2.27. The molecule has 1 aliphatic rings. The molecule has 1 heterocycles. The van der Waals surface area contributed by atoms with Crippen molar-refractivity contribution in [3.05, 3.63) is 33.9 Å². The molecule has 0 spiro atoms. The number of halogens is 3. The molecule has 122 valence electrons. The standard InChI is InChI=1S/C11H12F3N3O4S/c12-11(13,14)9-7-8(17(18)19)1-2-10(9)22(20,21)16-5-3-15-4-6-16/h1-2,7,15H,3-6H2. The maximum Gasteiger partial charge on any atom is 0.417 e. The van der Waals surface area contributed by atoms with E-state index in [9.17, 15) is 31.7 Å². The highest BCUT2D eigenvalue weighted by Gasteiger charge is 2.40. The van der Waals surface area contributed by atoms with Crippen LogP contribution in [-0.2, 0) is 16.2 Å². The first-order chi connectivity index (χ1) is 10.1. The van der Waals surface area contributed by atoms with Crippen LogP contribution in [-0.4, -0.2) is 43.8 Å². The van der Waals surface area contributed by atoms with Crippen LogP contribution in [0.4, 0.5) is 18.9 Å². The fourth-order valence-electron chi connectivity index (χ4n) is 2.10. The Balaban J connectivity index is 2.56. The molecule has 0 radical (unpaired) electrons. The van der Waals surface area contributed by atoms with Gasteiger partial charge < -0.3 is 5.32 Å². The topological polar surface area (TPSA) is 92.5 Å². The molecule has 11 heteroatoms. The number of nitro groups is 1. The zero-order chi connectivity index (χ0) is 16.5. The van der Waals surface area contributed by atoms with Crippen LogP contribution in [0.25, 0.3) is 0 Å². The van der Waals surface area contributed by atoms with E-state index in [0.717, 1.165) is 10.4 Å². The van der Waals surface area contributed by atoms with Gasteiger partial charge in [0, 0.05) is 38.3 Å². The SMILES string of the molecule is O=[N+]([O-])c1ccc(S(=O)(=O)N2CCNCC2)c(C(F)(F)F)c1. The van der Waals surface area contributed by atoms with E-state index in [1.807, 2.05) is 0 Å². The largest absolute Gasteiger partial charge is 0.417 e. The summed E-state index contributed by atoms with van der Waals surface area (Å²) in [5.74, 6) is 0. The van der Waals surface area contributed by atoms with E-state index in [-0.39, 0.29) is 19.2 Å². The summed E-state index contributed by atoms with van der Waals surface area (Å²) in [6.07, 6.45) is -5.01. The number of sulfonamides is 1. The Labute approximate surface area is 123 Å². The van der Waals surface area contributed by atoms with E-state index in [0.29, 0.717) is 19.2 Å². The highest BCUT2D eigenvalue weighted by atomic mass is 32.2. The number of benzene rings is 1. The molecule has 2 rings (SSSR count). The van der Waals surface area contributed by atoms with E-state index in [2.05, 4.69) is 5.32 Å². The maximum atomic E-state index is 13.1. The molecule has 7 nitrogen and oxygen atoms in total. The van der Waals surface area contributed by atoms with Crippen molar-refractivity contribution < 1.29 is 26.5 Å². The molecule has 0 aromatic heterocycles. The third-order valence-electron chi connectivity index (χ3n) is 3.17. The van der Waals surface area contributed by atoms with Crippen molar-refractivity contribution >= 4 is 15.7 Å². The van der Waals surface area contributed by atoms with Crippen LogP contribution in [0.5, 0.6) is 0 Å².